The molecule has 0 spiro atoms. The van der Waals surface area contributed by atoms with E-state index < -0.39 is 17.7 Å². The van der Waals surface area contributed by atoms with E-state index in [1.54, 1.807) is 7.11 Å². The zero-order chi connectivity index (χ0) is 22.7. The standard InChI is InChI=1S/C23H23Cl2NO5/c1-13-7-4-5-8-15(13)19-18(21(28)23(29)26(19)9-6-10-30-2)20(27)14-11-16(24)22(31-3)17(25)12-14/h4-5,7-8,11-12,19,27H,6,9-10H2,1-3H3/b20-18+. The number of ketones is 1. The summed E-state index contributed by atoms with van der Waals surface area (Å²) in [4.78, 5) is 27.4. The molecule has 0 saturated carbocycles. The van der Waals surface area contributed by atoms with E-state index in [0.29, 0.717) is 19.6 Å². The van der Waals surface area contributed by atoms with Gasteiger partial charge in [0, 0.05) is 25.8 Å². The van der Waals surface area contributed by atoms with Crippen LogP contribution in [-0.4, -0.2) is 49.1 Å². The maximum Gasteiger partial charge on any atom is 0.295 e. The Hall–Kier alpha value is -2.54. The van der Waals surface area contributed by atoms with E-state index in [1.165, 1.54) is 24.1 Å². The summed E-state index contributed by atoms with van der Waals surface area (Å²) in [5, 5.41) is 11.5. The molecule has 1 saturated heterocycles. The fraction of sp³-hybridized carbons (Fsp3) is 0.304. The first-order chi connectivity index (χ1) is 14.8. The first-order valence-corrected chi connectivity index (χ1v) is 10.4. The molecule has 3 rings (SSSR count). The van der Waals surface area contributed by atoms with Crippen LogP contribution in [0, 0.1) is 6.92 Å². The van der Waals surface area contributed by atoms with E-state index in [1.807, 2.05) is 31.2 Å². The molecule has 1 atom stereocenters. The molecule has 1 unspecified atom stereocenters. The molecule has 0 bridgehead atoms. The number of Topliss-reactive ketones (excluding diaryl/α,β-unsaturated/α-hetero) is 1. The molecular weight excluding hydrogens is 441 g/mol. The Balaban J connectivity index is 2.19. The summed E-state index contributed by atoms with van der Waals surface area (Å²) < 4.78 is 10.2. The SMILES string of the molecule is COCCCN1C(=O)C(=O)/C(=C(/O)c2cc(Cl)c(OC)c(Cl)c2)C1c1ccccc1C. The molecule has 0 radical (unpaired) electrons. The number of nitrogens with zero attached hydrogens (tertiary/aromatic N) is 1. The average molecular weight is 464 g/mol. The quantitative estimate of drug-likeness (QED) is 0.277. The van der Waals surface area contributed by atoms with E-state index in [9.17, 15) is 14.7 Å². The summed E-state index contributed by atoms with van der Waals surface area (Å²) in [6, 6.07) is 9.61. The minimum Gasteiger partial charge on any atom is -0.507 e. The number of hydrogen-bond donors (Lipinski definition) is 1. The number of aliphatic hydroxyl groups is 1. The van der Waals surface area contributed by atoms with Gasteiger partial charge in [0.2, 0.25) is 0 Å². The second-order valence-corrected chi connectivity index (χ2v) is 7.98. The molecule has 0 aliphatic carbocycles. The molecule has 2 aromatic rings. The van der Waals surface area contributed by atoms with Crippen LogP contribution in [0.4, 0.5) is 0 Å². The molecule has 164 valence electrons. The number of hydrogen-bond acceptors (Lipinski definition) is 5. The van der Waals surface area contributed by atoms with Crippen LogP contribution in [0.15, 0.2) is 42.0 Å². The first kappa shape index (κ1) is 23.1. The Morgan fingerprint density at radius 3 is 2.35 bits per heavy atom. The summed E-state index contributed by atoms with van der Waals surface area (Å²) >= 11 is 12.4. The maximum absolute atomic E-state index is 13.0. The summed E-state index contributed by atoms with van der Waals surface area (Å²) in [7, 11) is 3.00. The van der Waals surface area contributed by atoms with Crippen molar-refractivity contribution in [2.24, 2.45) is 0 Å². The highest BCUT2D eigenvalue weighted by molar-refractivity contribution is 6.46. The smallest absolute Gasteiger partial charge is 0.295 e. The van der Waals surface area contributed by atoms with Gasteiger partial charge in [0.05, 0.1) is 28.8 Å². The Bertz CT molecular complexity index is 1030. The summed E-state index contributed by atoms with van der Waals surface area (Å²) in [5.41, 5.74) is 1.87. The van der Waals surface area contributed by atoms with Crippen molar-refractivity contribution in [1.29, 1.82) is 0 Å². The van der Waals surface area contributed by atoms with Gasteiger partial charge in [-0.3, -0.25) is 9.59 Å². The minimum absolute atomic E-state index is 0.00554. The van der Waals surface area contributed by atoms with Gasteiger partial charge in [0.1, 0.15) is 5.76 Å². The minimum atomic E-state index is -0.758. The van der Waals surface area contributed by atoms with Gasteiger partial charge in [-0.15, -0.1) is 0 Å². The molecule has 1 fully saturated rings. The second-order valence-electron chi connectivity index (χ2n) is 7.17. The predicted molar refractivity (Wildman–Crippen MR) is 120 cm³/mol. The lowest BCUT2D eigenvalue weighted by Crippen LogP contribution is -2.31. The van der Waals surface area contributed by atoms with Crippen LogP contribution >= 0.6 is 23.2 Å². The van der Waals surface area contributed by atoms with Crippen LogP contribution in [0.3, 0.4) is 0 Å². The van der Waals surface area contributed by atoms with Crippen molar-refractivity contribution >= 4 is 40.7 Å². The number of carbonyl (C=O) groups is 2. The number of benzene rings is 2. The number of likely N-dealkylation sites (tertiary alicyclic amines) is 1. The normalized spacial score (nSPS) is 18.0. The number of halogens is 2. The second kappa shape index (κ2) is 9.73. The van der Waals surface area contributed by atoms with Gasteiger partial charge < -0.3 is 19.5 Å². The molecule has 8 heteroatoms. The van der Waals surface area contributed by atoms with E-state index in [2.05, 4.69) is 0 Å². The summed E-state index contributed by atoms with van der Waals surface area (Å²) in [6.45, 7) is 2.64. The third-order valence-electron chi connectivity index (χ3n) is 5.25. The van der Waals surface area contributed by atoms with Crippen molar-refractivity contribution < 1.29 is 24.2 Å². The van der Waals surface area contributed by atoms with Crippen LogP contribution in [0.5, 0.6) is 5.75 Å². The molecule has 0 aromatic heterocycles. The molecule has 6 nitrogen and oxygen atoms in total. The van der Waals surface area contributed by atoms with Gasteiger partial charge in [-0.25, -0.2) is 0 Å². The van der Waals surface area contributed by atoms with Crippen molar-refractivity contribution in [2.45, 2.75) is 19.4 Å². The van der Waals surface area contributed by atoms with Crippen LogP contribution in [0.1, 0.15) is 29.2 Å². The number of carbonyl (C=O) groups excluding carboxylic acids is 2. The Kier molecular flexibility index (Phi) is 7.26. The fourth-order valence-electron chi connectivity index (χ4n) is 3.75. The Morgan fingerprint density at radius 1 is 1.13 bits per heavy atom. The Morgan fingerprint density at radius 2 is 1.77 bits per heavy atom. The van der Waals surface area contributed by atoms with E-state index in [4.69, 9.17) is 32.7 Å². The number of ether oxygens (including phenoxy) is 2. The monoisotopic (exact) mass is 463 g/mol. The number of amides is 1. The fourth-order valence-corrected chi connectivity index (χ4v) is 4.40. The largest absolute Gasteiger partial charge is 0.507 e. The highest BCUT2D eigenvalue weighted by atomic mass is 35.5. The molecule has 2 aromatic carbocycles. The van der Waals surface area contributed by atoms with Crippen LogP contribution in [0.25, 0.3) is 5.76 Å². The predicted octanol–water partition coefficient (Wildman–Crippen LogP) is 4.77. The van der Waals surface area contributed by atoms with Gasteiger partial charge in [-0.2, -0.15) is 0 Å². The summed E-state index contributed by atoms with van der Waals surface area (Å²) in [5.74, 6) is -1.51. The van der Waals surface area contributed by atoms with Crippen LogP contribution in [0.2, 0.25) is 10.0 Å². The van der Waals surface area contributed by atoms with Crippen LogP contribution < -0.4 is 4.74 Å². The molecule has 1 N–H and O–H groups in total. The van der Waals surface area contributed by atoms with E-state index in [0.717, 1.165) is 11.1 Å². The van der Waals surface area contributed by atoms with Crippen molar-refractivity contribution in [1.82, 2.24) is 4.90 Å². The molecule has 31 heavy (non-hydrogen) atoms. The third kappa shape index (κ3) is 4.42. The molecule has 1 aliphatic rings. The Labute approximate surface area is 191 Å². The first-order valence-electron chi connectivity index (χ1n) is 9.68. The van der Waals surface area contributed by atoms with Gasteiger partial charge in [0.15, 0.2) is 5.75 Å². The molecule has 1 amide bonds. The number of aryl methyl sites for hydroxylation is 1. The molecular formula is C23H23Cl2NO5. The molecule has 1 aliphatic heterocycles. The number of methoxy groups -OCH3 is 2. The average Bonchev–Trinajstić information content (AvgIpc) is 2.98. The molecule has 1 heterocycles. The van der Waals surface area contributed by atoms with Gasteiger partial charge in [-0.05, 0) is 36.6 Å². The lowest BCUT2D eigenvalue weighted by atomic mass is 9.92. The number of rotatable bonds is 7. The van der Waals surface area contributed by atoms with Crippen molar-refractivity contribution in [3.8, 4) is 5.75 Å². The van der Waals surface area contributed by atoms with Gasteiger partial charge in [0.25, 0.3) is 11.7 Å². The number of aliphatic hydroxyl groups excluding tert-OH is 1. The highest BCUT2D eigenvalue weighted by Gasteiger charge is 2.46. The van der Waals surface area contributed by atoms with Crippen molar-refractivity contribution in [2.75, 3.05) is 27.4 Å². The van der Waals surface area contributed by atoms with Crippen molar-refractivity contribution in [3.63, 3.8) is 0 Å². The van der Waals surface area contributed by atoms with E-state index >= 15 is 0 Å². The maximum atomic E-state index is 13.0. The topological polar surface area (TPSA) is 76.1 Å². The van der Waals surface area contributed by atoms with Gasteiger partial charge >= 0.3 is 0 Å². The van der Waals surface area contributed by atoms with Gasteiger partial charge in [-0.1, -0.05) is 47.5 Å². The highest BCUT2D eigenvalue weighted by Crippen LogP contribution is 2.42. The zero-order valence-corrected chi connectivity index (χ0v) is 19.0. The summed E-state index contributed by atoms with van der Waals surface area (Å²) in [6.07, 6.45) is 0.548. The zero-order valence-electron chi connectivity index (χ0n) is 17.4. The third-order valence-corrected chi connectivity index (χ3v) is 5.81. The van der Waals surface area contributed by atoms with Crippen molar-refractivity contribution in [3.05, 3.63) is 68.7 Å². The lowest BCUT2D eigenvalue weighted by molar-refractivity contribution is -0.140. The van der Waals surface area contributed by atoms with E-state index in [-0.39, 0.29) is 32.7 Å². The van der Waals surface area contributed by atoms with Crippen LogP contribution in [-0.2, 0) is 14.3 Å². The lowest BCUT2D eigenvalue weighted by Gasteiger charge is -2.26.